The third-order valence-corrected chi connectivity index (χ3v) is 2.50. The van der Waals surface area contributed by atoms with E-state index >= 15 is 0 Å². The lowest BCUT2D eigenvalue weighted by Gasteiger charge is -2.13. The molecule has 0 spiro atoms. The standard InChI is InChI=1S/C13H15F3N2O3/c1-7(2)6-17-12(21)18-10-4-3-8(13(14,15)16)5-9(10)11(19)20/h3-5,7H,6H2,1-2H3,(H,19,20)(H2,17,18,21). The molecule has 0 radical (unpaired) electrons. The topological polar surface area (TPSA) is 78.4 Å². The number of rotatable bonds is 4. The zero-order valence-corrected chi connectivity index (χ0v) is 11.4. The highest BCUT2D eigenvalue weighted by Gasteiger charge is 2.32. The van der Waals surface area contributed by atoms with E-state index in [-0.39, 0.29) is 11.6 Å². The molecule has 2 amide bonds. The smallest absolute Gasteiger partial charge is 0.416 e. The van der Waals surface area contributed by atoms with Crippen molar-refractivity contribution in [3.63, 3.8) is 0 Å². The Kier molecular flexibility index (Phi) is 5.17. The van der Waals surface area contributed by atoms with Crippen molar-refractivity contribution in [2.24, 2.45) is 5.92 Å². The highest BCUT2D eigenvalue weighted by molar-refractivity contribution is 6.00. The van der Waals surface area contributed by atoms with Crippen molar-refractivity contribution >= 4 is 17.7 Å². The number of halogens is 3. The molecule has 1 aromatic carbocycles. The summed E-state index contributed by atoms with van der Waals surface area (Å²) < 4.78 is 37.6. The van der Waals surface area contributed by atoms with Crippen LogP contribution in [-0.2, 0) is 6.18 Å². The van der Waals surface area contributed by atoms with Crippen molar-refractivity contribution in [3.8, 4) is 0 Å². The summed E-state index contributed by atoms with van der Waals surface area (Å²) in [5.74, 6) is -1.37. The van der Waals surface area contributed by atoms with Crippen molar-refractivity contribution in [3.05, 3.63) is 29.3 Å². The van der Waals surface area contributed by atoms with Crippen molar-refractivity contribution in [1.82, 2.24) is 5.32 Å². The minimum Gasteiger partial charge on any atom is -0.478 e. The molecule has 0 atom stereocenters. The van der Waals surface area contributed by atoms with Gasteiger partial charge in [0.05, 0.1) is 16.8 Å². The normalized spacial score (nSPS) is 11.3. The van der Waals surface area contributed by atoms with Gasteiger partial charge in [0.1, 0.15) is 0 Å². The maximum atomic E-state index is 12.5. The van der Waals surface area contributed by atoms with E-state index in [9.17, 15) is 22.8 Å². The van der Waals surface area contributed by atoms with Crippen molar-refractivity contribution in [2.75, 3.05) is 11.9 Å². The van der Waals surface area contributed by atoms with Gasteiger partial charge in [-0.05, 0) is 24.1 Å². The largest absolute Gasteiger partial charge is 0.478 e. The Hall–Kier alpha value is -2.25. The number of alkyl halides is 3. The van der Waals surface area contributed by atoms with Gasteiger partial charge >= 0.3 is 18.2 Å². The summed E-state index contributed by atoms with van der Waals surface area (Å²) in [4.78, 5) is 22.5. The van der Waals surface area contributed by atoms with Gasteiger partial charge in [0.25, 0.3) is 0 Å². The predicted molar refractivity (Wildman–Crippen MR) is 70.3 cm³/mol. The summed E-state index contributed by atoms with van der Waals surface area (Å²) in [6.45, 7) is 4.08. The van der Waals surface area contributed by atoms with Crippen LogP contribution in [0.2, 0.25) is 0 Å². The lowest BCUT2D eigenvalue weighted by Crippen LogP contribution is -2.32. The van der Waals surface area contributed by atoms with Crippen LogP contribution in [0, 0.1) is 5.92 Å². The Labute approximate surface area is 119 Å². The van der Waals surface area contributed by atoms with Gasteiger partial charge in [0.2, 0.25) is 0 Å². The van der Waals surface area contributed by atoms with Crippen molar-refractivity contribution < 1.29 is 27.9 Å². The average molecular weight is 304 g/mol. The summed E-state index contributed by atoms with van der Waals surface area (Å²) in [5, 5.41) is 13.7. The molecular weight excluding hydrogens is 289 g/mol. The van der Waals surface area contributed by atoms with Crippen LogP contribution in [0.15, 0.2) is 18.2 Å². The highest BCUT2D eigenvalue weighted by Crippen LogP contribution is 2.31. The van der Waals surface area contributed by atoms with E-state index in [1.807, 2.05) is 13.8 Å². The number of hydrogen-bond donors (Lipinski definition) is 3. The molecule has 1 rings (SSSR count). The van der Waals surface area contributed by atoms with Crippen LogP contribution in [-0.4, -0.2) is 23.7 Å². The maximum Gasteiger partial charge on any atom is 0.416 e. The maximum absolute atomic E-state index is 12.5. The number of amides is 2. The summed E-state index contributed by atoms with van der Waals surface area (Å²) >= 11 is 0. The first-order valence-corrected chi connectivity index (χ1v) is 6.10. The number of nitrogens with one attached hydrogen (secondary N) is 2. The first-order chi connectivity index (χ1) is 9.61. The Balaban J connectivity index is 2.97. The summed E-state index contributed by atoms with van der Waals surface area (Å²) in [6.07, 6.45) is -4.65. The fraction of sp³-hybridized carbons (Fsp3) is 0.385. The Morgan fingerprint density at radius 1 is 1.29 bits per heavy atom. The lowest BCUT2D eigenvalue weighted by molar-refractivity contribution is -0.137. The minimum atomic E-state index is -4.65. The van der Waals surface area contributed by atoms with Crippen LogP contribution >= 0.6 is 0 Å². The molecule has 21 heavy (non-hydrogen) atoms. The quantitative estimate of drug-likeness (QED) is 0.799. The van der Waals surface area contributed by atoms with Crippen molar-refractivity contribution in [1.29, 1.82) is 0 Å². The zero-order chi connectivity index (χ0) is 16.2. The number of carboxylic acids is 1. The van der Waals surface area contributed by atoms with Crippen LogP contribution in [0.5, 0.6) is 0 Å². The highest BCUT2D eigenvalue weighted by atomic mass is 19.4. The van der Waals surface area contributed by atoms with E-state index in [0.717, 1.165) is 6.07 Å². The Morgan fingerprint density at radius 2 is 1.90 bits per heavy atom. The molecule has 0 fully saturated rings. The van der Waals surface area contributed by atoms with Crippen LogP contribution in [0.1, 0.15) is 29.8 Å². The van der Waals surface area contributed by atoms with Crippen LogP contribution in [0.4, 0.5) is 23.7 Å². The number of anilines is 1. The second-order valence-corrected chi connectivity index (χ2v) is 4.79. The molecule has 0 aromatic heterocycles. The third kappa shape index (κ3) is 4.97. The molecule has 0 saturated carbocycles. The number of carboxylic acid groups (broad SMARTS) is 1. The van der Waals surface area contributed by atoms with Crippen LogP contribution in [0.25, 0.3) is 0 Å². The van der Waals surface area contributed by atoms with E-state index in [1.54, 1.807) is 0 Å². The van der Waals surface area contributed by atoms with Gasteiger partial charge in [-0.2, -0.15) is 13.2 Å². The Bertz CT molecular complexity index is 542. The van der Waals surface area contributed by atoms with Gasteiger partial charge in [-0.25, -0.2) is 9.59 Å². The van der Waals surface area contributed by atoms with Crippen molar-refractivity contribution in [2.45, 2.75) is 20.0 Å². The number of hydrogen-bond acceptors (Lipinski definition) is 2. The second-order valence-electron chi connectivity index (χ2n) is 4.79. The van der Waals surface area contributed by atoms with Gasteiger partial charge < -0.3 is 15.7 Å². The average Bonchev–Trinajstić information content (AvgIpc) is 2.35. The van der Waals surface area contributed by atoms with Gasteiger partial charge in [0.15, 0.2) is 0 Å². The van der Waals surface area contributed by atoms with E-state index in [4.69, 9.17) is 5.11 Å². The monoisotopic (exact) mass is 304 g/mol. The molecule has 0 aliphatic carbocycles. The molecule has 0 unspecified atom stereocenters. The molecular formula is C13H15F3N2O3. The first-order valence-electron chi connectivity index (χ1n) is 6.10. The molecule has 3 N–H and O–H groups in total. The van der Waals surface area contributed by atoms with E-state index in [1.165, 1.54) is 0 Å². The Morgan fingerprint density at radius 3 is 2.38 bits per heavy atom. The van der Waals surface area contributed by atoms with Crippen LogP contribution < -0.4 is 10.6 Å². The summed E-state index contributed by atoms with van der Waals surface area (Å²) in [5.41, 5.74) is -1.91. The van der Waals surface area contributed by atoms with E-state index in [0.29, 0.717) is 18.7 Å². The summed E-state index contributed by atoms with van der Waals surface area (Å²) in [6, 6.07) is 1.44. The number of carbonyl (C=O) groups is 2. The fourth-order valence-electron chi connectivity index (χ4n) is 1.47. The molecule has 0 saturated heterocycles. The number of aromatic carboxylic acids is 1. The van der Waals surface area contributed by atoms with Gasteiger partial charge in [0, 0.05) is 6.54 Å². The molecule has 8 heteroatoms. The lowest BCUT2D eigenvalue weighted by atomic mass is 10.1. The fourth-order valence-corrected chi connectivity index (χ4v) is 1.47. The number of carbonyl (C=O) groups excluding carboxylic acids is 1. The predicted octanol–water partition coefficient (Wildman–Crippen LogP) is 3.18. The minimum absolute atomic E-state index is 0.183. The molecule has 5 nitrogen and oxygen atoms in total. The molecule has 0 aliphatic heterocycles. The number of benzene rings is 1. The van der Waals surface area contributed by atoms with Crippen LogP contribution in [0.3, 0.4) is 0 Å². The number of urea groups is 1. The molecule has 116 valence electrons. The second kappa shape index (κ2) is 6.47. The molecule has 0 bridgehead atoms. The third-order valence-electron chi connectivity index (χ3n) is 2.50. The first kappa shape index (κ1) is 16.8. The zero-order valence-electron chi connectivity index (χ0n) is 11.4. The molecule has 1 aromatic rings. The van der Waals surface area contributed by atoms with Gasteiger partial charge in [-0.15, -0.1) is 0 Å². The summed E-state index contributed by atoms with van der Waals surface area (Å²) in [7, 11) is 0. The molecule has 0 aliphatic rings. The molecule has 0 heterocycles. The van der Waals surface area contributed by atoms with E-state index < -0.39 is 29.3 Å². The van der Waals surface area contributed by atoms with E-state index in [2.05, 4.69) is 10.6 Å². The SMILES string of the molecule is CC(C)CNC(=O)Nc1ccc(C(F)(F)F)cc1C(=O)O. The van der Waals surface area contributed by atoms with Gasteiger partial charge in [-0.3, -0.25) is 0 Å². The van der Waals surface area contributed by atoms with Gasteiger partial charge in [-0.1, -0.05) is 13.8 Å².